The first-order valence-electron chi connectivity index (χ1n) is 10.5. The SMILES string of the molecule is CCN1CCN(CC(C)CNC(=NC)NCCN(C(C)C)C(C)C)CC1. The molecule has 0 radical (unpaired) electrons. The quantitative estimate of drug-likeness (QED) is 0.452. The minimum absolute atomic E-state index is 0.569. The Hall–Kier alpha value is -0.850. The molecule has 0 amide bonds. The predicted octanol–water partition coefficient (Wildman–Crippen LogP) is 1.54. The van der Waals surface area contributed by atoms with Crippen LogP contribution in [0.15, 0.2) is 4.99 Å². The van der Waals surface area contributed by atoms with E-state index >= 15 is 0 Å². The van der Waals surface area contributed by atoms with Gasteiger partial charge in [-0.3, -0.25) is 9.89 Å². The molecular formula is C20H44N6. The van der Waals surface area contributed by atoms with Crippen molar-refractivity contribution < 1.29 is 0 Å². The molecule has 154 valence electrons. The van der Waals surface area contributed by atoms with Gasteiger partial charge in [0, 0.05) is 71.5 Å². The Balaban J connectivity index is 2.24. The summed E-state index contributed by atoms with van der Waals surface area (Å²) in [6.07, 6.45) is 0. The van der Waals surface area contributed by atoms with E-state index in [0.29, 0.717) is 18.0 Å². The van der Waals surface area contributed by atoms with Gasteiger partial charge in [-0.1, -0.05) is 13.8 Å². The molecule has 1 fully saturated rings. The fraction of sp³-hybridized carbons (Fsp3) is 0.950. The standard InChI is InChI=1S/C20H44N6/c1-8-24-11-13-25(14-12-24)16-19(6)15-23-20(21-7)22-9-10-26(17(2)3)18(4)5/h17-19H,8-16H2,1-7H3,(H2,21,22,23). The minimum Gasteiger partial charge on any atom is -0.356 e. The number of likely N-dealkylation sites (N-methyl/N-ethyl adjacent to an activating group) is 1. The molecule has 1 saturated heterocycles. The molecule has 0 aromatic carbocycles. The number of aliphatic imine (C=N–C) groups is 1. The van der Waals surface area contributed by atoms with Crippen LogP contribution in [0, 0.1) is 5.92 Å². The van der Waals surface area contributed by atoms with E-state index < -0.39 is 0 Å². The van der Waals surface area contributed by atoms with Gasteiger partial charge in [0.1, 0.15) is 0 Å². The molecule has 1 heterocycles. The van der Waals surface area contributed by atoms with Crippen LogP contribution < -0.4 is 10.6 Å². The highest BCUT2D eigenvalue weighted by molar-refractivity contribution is 5.79. The molecule has 0 saturated carbocycles. The first kappa shape index (κ1) is 23.2. The molecule has 0 bridgehead atoms. The lowest BCUT2D eigenvalue weighted by Gasteiger charge is -2.35. The van der Waals surface area contributed by atoms with Crippen LogP contribution in [0.5, 0.6) is 0 Å². The Kier molecular flexibility index (Phi) is 11.2. The Labute approximate surface area is 162 Å². The van der Waals surface area contributed by atoms with Crippen LogP contribution in [-0.4, -0.2) is 98.7 Å². The smallest absolute Gasteiger partial charge is 0.191 e. The average molecular weight is 369 g/mol. The van der Waals surface area contributed by atoms with Crippen LogP contribution in [0.2, 0.25) is 0 Å². The predicted molar refractivity (Wildman–Crippen MR) is 114 cm³/mol. The fourth-order valence-corrected chi connectivity index (χ4v) is 3.70. The van der Waals surface area contributed by atoms with Gasteiger partial charge in [-0.15, -0.1) is 0 Å². The van der Waals surface area contributed by atoms with Gasteiger partial charge in [0.15, 0.2) is 5.96 Å². The molecule has 0 aliphatic carbocycles. The van der Waals surface area contributed by atoms with E-state index in [4.69, 9.17) is 0 Å². The second kappa shape index (κ2) is 12.5. The van der Waals surface area contributed by atoms with E-state index in [-0.39, 0.29) is 0 Å². The molecule has 0 aromatic rings. The summed E-state index contributed by atoms with van der Waals surface area (Å²) in [5.74, 6) is 1.53. The largest absolute Gasteiger partial charge is 0.356 e. The van der Waals surface area contributed by atoms with Gasteiger partial charge in [-0.25, -0.2) is 0 Å². The third-order valence-electron chi connectivity index (χ3n) is 5.31. The first-order valence-corrected chi connectivity index (χ1v) is 10.5. The molecule has 1 aliphatic heterocycles. The molecule has 26 heavy (non-hydrogen) atoms. The lowest BCUT2D eigenvalue weighted by molar-refractivity contribution is 0.124. The first-order chi connectivity index (χ1) is 12.4. The van der Waals surface area contributed by atoms with Gasteiger partial charge in [0.05, 0.1) is 0 Å². The van der Waals surface area contributed by atoms with Crippen LogP contribution >= 0.6 is 0 Å². The topological polar surface area (TPSA) is 46.1 Å². The number of nitrogens with zero attached hydrogens (tertiary/aromatic N) is 4. The van der Waals surface area contributed by atoms with Crippen LogP contribution in [0.25, 0.3) is 0 Å². The Morgan fingerprint density at radius 1 is 0.962 bits per heavy atom. The van der Waals surface area contributed by atoms with Gasteiger partial charge in [-0.05, 0) is 40.2 Å². The maximum Gasteiger partial charge on any atom is 0.191 e. The summed E-state index contributed by atoms with van der Waals surface area (Å²) >= 11 is 0. The minimum atomic E-state index is 0.569. The Morgan fingerprint density at radius 2 is 1.54 bits per heavy atom. The number of guanidine groups is 1. The van der Waals surface area contributed by atoms with Crippen LogP contribution in [-0.2, 0) is 0 Å². The zero-order valence-electron chi connectivity index (χ0n) is 18.4. The van der Waals surface area contributed by atoms with Crippen LogP contribution in [0.1, 0.15) is 41.5 Å². The van der Waals surface area contributed by atoms with E-state index in [1.54, 1.807) is 0 Å². The van der Waals surface area contributed by atoms with Gasteiger partial charge in [0.25, 0.3) is 0 Å². The van der Waals surface area contributed by atoms with Crippen molar-refractivity contribution >= 4 is 5.96 Å². The second-order valence-electron chi connectivity index (χ2n) is 8.15. The average Bonchev–Trinajstić information content (AvgIpc) is 2.61. The van der Waals surface area contributed by atoms with Crippen molar-refractivity contribution in [2.45, 2.75) is 53.6 Å². The summed E-state index contributed by atoms with van der Waals surface area (Å²) in [6, 6.07) is 1.14. The number of rotatable bonds is 10. The van der Waals surface area contributed by atoms with Crippen molar-refractivity contribution in [3.05, 3.63) is 0 Å². The zero-order chi connectivity index (χ0) is 19.5. The van der Waals surface area contributed by atoms with E-state index in [0.717, 1.165) is 32.1 Å². The van der Waals surface area contributed by atoms with E-state index in [2.05, 4.69) is 71.9 Å². The van der Waals surface area contributed by atoms with E-state index in [1.165, 1.54) is 32.7 Å². The van der Waals surface area contributed by atoms with Crippen molar-refractivity contribution in [2.75, 3.05) is 66.0 Å². The summed E-state index contributed by atoms with van der Waals surface area (Å²) in [6.45, 7) is 23.7. The number of hydrogen-bond donors (Lipinski definition) is 2. The Morgan fingerprint density at radius 3 is 2.04 bits per heavy atom. The highest BCUT2D eigenvalue weighted by Gasteiger charge is 2.17. The van der Waals surface area contributed by atoms with E-state index in [1.807, 2.05) is 7.05 Å². The maximum atomic E-state index is 4.37. The molecule has 1 unspecified atom stereocenters. The van der Waals surface area contributed by atoms with E-state index in [9.17, 15) is 0 Å². The second-order valence-corrected chi connectivity index (χ2v) is 8.15. The van der Waals surface area contributed by atoms with Crippen molar-refractivity contribution in [3.63, 3.8) is 0 Å². The molecule has 1 aliphatic rings. The fourth-order valence-electron chi connectivity index (χ4n) is 3.70. The molecule has 1 atom stereocenters. The van der Waals surface area contributed by atoms with Gasteiger partial charge < -0.3 is 20.4 Å². The molecule has 1 rings (SSSR count). The summed E-state index contributed by atoms with van der Waals surface area (Å²) in [7, 11) is 1.85. The number of piperazine rings is 1. The van der Waals surface area contributed by atoms with Crippen molar-refractivity contribution in [1.82, 2.24) is 25.3 Å². The molecule has 2 N–H and O–H groups in total. The van der Waals surface area contributed by atoms with Gasteiger partial charge in [-0.2, -0.15) is 0 Å². The highest BCUT2D eigenvalue weighted by atomic mass is 15.3. The van der Waals surface area contributed by atoms with Crippen molar-refractivity contribution in [2.24, 2.45) is 10.9 Å². The third kappa shape index (κ3) is 8.69. The molecule has 6 heteroatoms. The maximum absolute atomic E-state index is 4.37. The molecule has 0 spiro atoms. The molecule has 0 aromatic heterocycles. The summed E-state index contributed by atoms with van der Waals surface area (Å²) in [5, 5.41) is 6.95. The molecule has 6 nitrogen and oxygen atoms in total. The summed E-state index contributed by atoms with van der Waals surface area (Å²) < 4.78 is 0. The lowest BCUT2D eigenvalue weighted by atomic mass is 10.1. The highest BCUT2D eigenvalue weighted by Crippen LogP contribution is 2.05. The van der Waals surface area contributed by atoms with Crippen molar-refractivity contribution in [3.8, 4) is 0 Å². The van der Waals surface area contributed by atoms with Crippen LogP contribution in [0.3, 0.4) is 0 Å². The molecular weight excluding hydrogens is 324 g/mol. The monoisotopic (exact) mass is 368 g/mol. The van der Waals surface area contributed by atoms with Gasteiger partial charge >= 0.3 is 0 Å². The normalized spacial score (nSPS) is 18.8. The van der Waals surface area contributed by atoms with Gasteiger partial charge in [0.2, 0.25) is 0 Å². The number of nitrogens with one attached hydrogen (secondary N) is 2. The van der Waals surface area contributed by atoms with Crippen LogP contribution in [0.4, 0.5) is 0 Å². The van der Waals surface area contributed by atoms with Crippen molar-refractivity contribution in [1.29, 1.82) is 0 Å². The zero-order valence-corrected chi connectivity index (χ0v) is 18.4. The third-order valence-corrected chi connectivity index (χ3v) is 5.31. The summed E-state index contributed by atoms with van der Waals surface area (Å²) in [4.78, 5) is 12.0. The number of hydrogen-bond acceptors (Lipinski definition) is 4. The lowest BCUT2D eigenvalue weighted by Crippen LogP contribution is -2.49. The Bertz CT molecular complexity index is 380. The summed E-state index contributed by atoms with van der Waals surface area (Å²) in [5.41, 5.74) is 0.